The number of benzene rings is 1. The van der Waals surface area contributed by atoms with Crippen molar-refractivity contribution in [3.05, 3.63) is 35.4 Å². The smallest absolute Gasteiger partial charge is 0.224 e. The minimum Gasteiger partial charge on any atom is -0.392 e. The van der Waals surface area contributed by atoms with Crippen LogP contribution in [-0.4, -0.2) is 17.1 Å². The average molecular weight is 236 g/mol. The van der Waals surface area contributed by atoms with Gasteiger partial charge in [0.05, 0.1) is 6.61 Å². The molecule has 1 aromatic carbocycles. The highest BCUT2D eigenvalue weighted by Gasteiger charge is 2.16. The molecule has 1 aromatic rings. The highest BCUT2D eigenvalue weighted by atomic mass is 16.3. The summed E-state index contributed by atoms with van der Waals surface area (Å²) in [5, 5.41) is 11.7. The second-order valence-corrected chi connectivity index (χ2v) is 4.34. The average Bonchev–Trinajstić information content (AvgIpc) is 2.35. The fourth-order valence-corrected chi connectivity index (χ4v) is 1.35. The maximum Gasteiger partial charge on any atom is 0.224 e. The van der Waals surface area contributed by atoms with Gasteiger partial charge in [0.15, 0.2) is 0 Å². The first-order valence-corrected chi connectivity index (χ1v) is 5.76. The first kappa shape index (κ1) is 13.7. The summed E-state index contributed by atoms with van der Waals surface area (Å²) in [5.74, 6) is -0.224. The number of carbonyl (C=O) groups excluding carboxylic acids is 1. The summed E-state index contributed by atoms with van der Waals surface area (Å²) in [4.78, 5) is 11.6. The highest BCUT2D eigenvalue weighted by molar-refractivity contribution is 5.78. The second-order valence-electron chi connectivity index (χ2n) is 4.34. The first-order chi connectivity index (χ1) is 8.04. The van der Waals surface area contributed by atoms with Gasteiger partial charge in [0.2, 0.25) is 5.91 Å². The van der Waals surface area contributed by atoms with Gasteiger partial charge in [0.1, 0.15) is 0 Å². The van der Waals surface area contributed by atoms with Gasteiger partial charge in [-0.15, -0.1) is 0 Å². The van der Waals surface area contributed by atoms with E-state index in [4.69, 9.17) is 10.8 Å². The number of aliphatic hydroxyl groups is 1. The van der Waals surface area contributed by atoms with Crippen molar-refractivity contribution >= 4 is 5.91 Å². The number of nitrogens with two attached hydrogens (primary N) is 1. The summed E-state index contributed by atoms with van der Waals surface area (Å²) in [6.07, 6.45) is 0. The molecule has 0 radical (unpaired) electrons. The fraction of sp³-hybridized carbons (Fsp3) is 0.462. The van der Waals surface area contributed by atoms with Crippen LogP contribution in [0.3, 0.4) is 0 Å². The van der Waals surface area contributed by atoms with Crippen molar-refractivity contribution in [1.82, 2.24) is 5.32 Å². The van der Waals surface area contributed by atoms with Crippen molar-refractivity contribution in [2.45, 2.75) is 33.0 Å². The summed E-state index contributed by atoms with van der Waals surface area (Å²) < 4.78 is 0. The Hall–Kier alpha value is -1.39. The van der Waals surface area contributed by atoms with Crippen molar-refractivity contribution in [2.75, 3.05) is 0 Å². The van der Waals surface area contributed by atoms with E-state index in [1.807, 2.05) is 38.1 Å². The number of amides is 1. The van der Waals surface area contributed by atoms with Crippen LogP contribution in [0.15, 0.2) is 24.3 Å². The zero-order valence-corrected chi connectivity index (χ0v) is 10.3. The molecule has 4 nitrogen and oxygen atoms in total. The Labute approximate surface area is 102 Å². The maximum atomic E-state index is 11.6. The van der Waals surface area contributed by atoms with E-state index >= 15 is 0 Å². The van der Waals surface area contributed by atoms with Crippen molar-refractivity contribution < 1.29 is 9.90 Å². The van der Waals surface area contributed by atoms with Crippen LogP contribution in [0.5, 0.6) is 0 Å². The van der Waals surface area contributed by atoms with Crippen molar-refractivity contribution in [3.63, 3.8) is 0 Å². The second kappa shape index (κ2) is 6.37. The summed E-state index contributed by atoms with van der Waals surface area (Å²) in [5.41, 5.74) is 7.53. The summed E-state index contributed by atoms with van der Waals surface area (Å²) in [6, 6.07) is 7.32. The predicted molar refractivity (Wildman–Crippen MR) is 67.0 cm³/mol. The molecule has 2 unspecified atom stereocenters. The molecule has 0 heterocycles. The van der Waals surface area contributed by atoms with E-state index in [2.05, 4.69) is 5.32 Å². The summed E-state index contributed by atoms with van der Waals surface area (Å²) in [6.45, 7) is 4.16. The van der Waals surface area contributed by atoms with Crippen molar-refractivity contribution in [3.8, 4) is 0 Å². The Bertz CT molecular complexity index is 360. The summed E-state index contributed by atoms with van der Waals surface area (Å²) in [7, 11) is 0. The van der Waals surface area contributed by atoms with Gasteiger partial charge in [-0.1, -0.05) is 31.2 Å². The molecule has 1 rings (SSSR count). The van der Waals surface area contributed by atoms with Gasteiger partial charge in [0, 0.05) is 18.5 Å². The molecule has 0 saturated heterocycles. The normalized spacial score (nSPS) is 14.1. The molecule has 2 atom stereocenters. The Morgan fingerprint density at radius 3 is 2.29 bits per heavy atom. The number of carbonyl (C=O) groups is 1. The minimum atomic E-state index is -0.188. The molecule has 0 saturated carbocycles. The third-order valence-electron chi connectivity index (χ3n) is 2.87. The lowest BCUT2D eigenvalue weighted by molar-refractivity contribution is -0.125. The van der Waals surface area contributed by atoms with Crippen LogP contribution in [0.1, 0.15) is 25.0 Å². The SMILES string of the molecule is CC(N)C(C)C(=O)NCc1ccc(CO)cc1. The molecule has 0 spiro atoms. The third kappa shape index (κ3) is 4.17. The number of hydrogen-bond acceptors (Lipinski definition) is 3. The van der Waals surface area contributed by atoms with Crippen LogP contribution in [0.2, 0.25) is 0 Å². The predicted octanol–water partition coefficient (Wildman–Crippen LogP) is 0.778. The largest absolute Gasteiger partial charge is 0.392 e. The monoisotopic (exact) mass is 236 g/mol. The van der Waals surface area contributed by atoms with Gasteiger partial charge in [-0.2, -0.15) is 0 Å². The molecule has 0 aliphatic heterocycles. The Kier molecular flexibility index (Phi) is 5.12. The molecule has 17 heavy (non-hydrogen) atoms. The molecule has 0 aromatic heterocycles. The van der Waals surface area contributed by atoms with Gasteiger partial charge >= 0.3 is 0 Å². The molecule has 0 aliphatic carbocycles. The van der Waals surface area contributed by atoms with Gasteiger partial charge in [-0.05, 0) is 18.1 Å². The molecule has 94 valence electrons. The van der Waals surface area contributed by atoms with E-state index in [-0.39, 0.29) is 24.5 Å². The topological polar surface area (TPSA) is 75.4 Å². The number of hydrogen-bond donors (Lipinski definition) is 3. The Morgan fingerprint density at radius 1 is 1.29 bits per heavy atom. The van der Waals surface area contributed by atoms with Crippen LogP contribution >= 0.6 is 0 Å². The van der Waals surface area contributed by atoms with Crippen LogP contribution < -0.4 is 11.1 Å². The van der Waals surface area contributed by atoms with E-state index in [1.54, 1.807) is 0 Å². The lowest BCUT2D eigenvalue weighted by Crippen LogP contribution is -2.38. The zero-order chi connectivity index (χ0) is 12.8. The maximum absolute atomic E-state index is 11.6. The lowest BCUT2D eigenvalue weighted by atomic mass is 10.0. The van der Waals surface area contributed by atoms with E-state index in [1.165, 1.54) is 0 Å². The minimum absolute atomic E-state index is 0.0359. The standard InChI is InChI=1S/C13H20N2O2/c1-9(10(2)14)13(17)15-7-11-3-5-12(8-16)6-4-11/h3-6,9-10,16H,7-8,14H2,1-2H3,(H,15,17). The molecule has 1 amide bonds. The van der Waals surface area contributed by atoms with Gasteiger partial charge in [-0.3, -0.25) is 4.79 Å². The van der Waals surface area contributed by atoms with Crippen LogP contribution in [0.25, 0.3) is 0 Å². The van der Waals surface area contributed by atoms with E-state index in [0.29, 0.717) is 6.54 Å². The zero-order valence-electron chi connectivity index (χ0n) is 10.3. The fourth-order valence-electron chi connectivity index (χ4n) is 1.35. The highest BCUT2D eigenvalue weighted by Crippen LogP contribution is 2.05. The third-order valence-corrected chi connectivity index (χ3v) is 2.87. The van der Waals surface area contributed by atoms with Crippen molar-refractivity contribution in [2.24, 2.45) is 11.7 Å². The Balaban J connectivity index is 2.47. The van der Waals surface area contributed by atoms with E-state index < -0.39 is 0 Å². The van der Waals surface area contributed by atoms with Gasteiger partial charge < -0.3 is 16.2 Å². The molecule has 0 fully saturated rings. The van der Waals surface area contributed by atoms with Crippen LogP contribution in [-0.2, 0) is 17.9 Å². The van der Waals surface area contributed by atoms with Gasteiger partial charge in [0.25, 0.3) is 0 Å². The first-order valence-electron chi connectivity index (χ1n) is 5.76. The Morgan fingerprint density at radius 2 is 1.82 bits per heavy atom. The van der Waals surface area contributed by atoms with Crippen LogP contribution in [0, 0.1) is 5.92 Å². The number of rotatable bonds is 5. The van der Waals surface area contributed by atoms with Gasteiger partial charge in [-0.25, -0.2) is 0 Å². The summed E-state index contributed by atoms with van der Waals surface area (Å²) >= 11 is 0. The van der Waals surface area contributed by atoms with E-state index in [0.717, 1.165) is 11.1 Å². The van der Waals surface area contributed by atoms with E-state index in [9.17, 15) is 4.79 Å². The number of aliphatic hydroxyl groups excluding tert-OH is 1. The van der Waals surface area contributed by atoms with Crippen molar-refractivity contribution in [1.29, 1.82) is 0 Å². The quantitative estimate of drug-likeness (QED) is 0.707. The lowest BCUT2D eigenvalue weighted by Gasteiger charge is -2.15. The molecule has 0 aliphatic rings. The van der Waals surface area contributed by atoms with Crippen LogP contribution in [0.4, 0.5) is 0 Å². The molecular formula is C13H20N2O2. The number of nitrogens with one attached hydrogen (secondary N) is 1. The molecule has 0 bridgehead atoms. The molecule has 4 N–H and O–H groups in total. The molecule has 4 heteroatoms. The molecular weight excluding hydrogens is 216 g/mol.